The maximum atomic E-state index is 4.34. The molecule has 0 atom stereocenters. The molecule has 4 rings (SSSR count). The lowest BCUT2D eigenvalue weighted by Gasteiger charge is -2.13. The molecule has 2 aromatic heterocycles. The van der Waals surface area contributed by atoms with E-state index in [1.54, 1.807) is 0 Å². The second kappa shape index (κ2) is 10.3. The van der Waals surface area contributed by atoms with E-state index in [2.05, 4.69) is 70.4 Å². The molecule has 6 nitrogen and oxygen atoms in total. The molecule has 0 fully saturated rings. The van der Waals surface area contributed by atoms with Gasteiger partial charge in [-0.05, 0) is 74.0 Å². The van der Waals surface area contributed by atoms with E-state index in [4.69, 9.17) is 0 Å². The molecular weight excluding hydrogens is 420 g/mol. The van der Waals surface area contributed by atoms with E-state index in [1.807, 2.05) is 59.9 Å². The Morgan fingerprint density at radius 1 is 0.906 bits per heavy atom. The number of anilines is 2. The summed E-state index contributed by atoms with van der Waals surface area (Å²) in [5.41, 5.74) is 6.69. The topological polar surface area (TPSA) is 50.5 Å². The Balaban J connectivity index is 0.00000289. The van der Waals surface area contributed by atoms with Crippen molar-refractivity contribution in [2.75, 3.05) is 5.32 Å². The fraction of sp³-hybridized carbons (Fsp3) is 0.240. The van der Waals surface area contributed by atoms with Crippen LogP contribution in [0.2, 0.25) is 0 Å². The molecule has 32 heavy (non-hydrogen) atoms. The summed E-state index contributed by atoms with van der Waals surface area (Å²) in [6.07, 6.45) is 6.13. The van der Waals surface area contributed by atoms with E-state index >= 15 is 0 Å². The van der Waals surface area contributed by atoms with Crippen LogP contribution in [0.5, 0.6) is 0 Å². The van der Waals surface area contributed by atoms with Crippen LogP contribution in [-0.4, -0.2) is 9.13 Å². The average Bonchev–Trinajstić information content (AvgIpc) is 3.30. The normalized spacial score (nSPS) is 11.0. The second-order valence-electron chi connectivity index (χ2n) is 7.79. The highest BCUT2D eigenvalue weighted by molar-refractivity contribution is 5.62. The zero-order chi connectivity index (χ0) is 21.8. The lowest BCUT2D eigenvalue weighted by atomic mass is 10.2. The molecule has 2 heterocycles. The predicted octanol–water partition coefficient (Wildman–Crippen LogP) is 3.06. The number of azo groups is 1. The van der Waals surface area contributed by atoms with Crippen LogP contribution in [0.1, 0.15) is 24.7 Å². The molecule has 0 aliphatic carbocycles. The molecule has 4 aromatic rings. The molecule has 2 aromatic carbocycles. The first kappa shape index (κ1) is 23.3. The van der Waals surface area contributed by atoms with Crippen molar-refractivity contribution < 1.29 is 17.0 Å². The molecule has 0 saturated carbocycles. The van der Waals surface area contributed by atoms with E-state index in [0.717, 1.165) is 35.9 Å². The molecule has 7 heteroatoms. The van der Waals surface area contributed by atoms with Gasteiger partial charge >= 0.3 is 5.95 Å². The monoisotopic (exact) mass is 448 g/mol. The number of hydrogen-bond acceptors (Lipinski definition) is 3. The first-order chi connectivity index (χ1) is 15.0. The molecule has 0 aliphatic rings. The molecule has 0 amide bonds. The summed E-state index contributed by atoms with van der Waals surface area (Å²) in [7, 11) is 3.91. The van der Waals surface area contributed by atoms with Gasteiger partial charge in [0.2, 0.25) is 0 Å². The van der Waals surface area contributed by atoms with Gasteiger partial charge in [-0.1, -0.05) is 18.5 Å². The third kappa shape index (κ3) is 5.08. The van der Waals surface area contributed by atoms with Gasteiger partial charge in [0.05, 0.1) is 26.5 Å². The molecule has 0 radical (unpaired) electrons. The fourth-order valence-electron chi connectivity index (χ4n) is 3.71. The predicted molar refractivity (Wildman–Crippen MR) is 125 cm³/mol. The van der Waals surface area contributed by atoms with Crippen molar-refractivity contribution in [3.63, 3.8) is 0 Å². The van der Waals surface area contributed by atoms with E-state index in [1.165, 1.54) is 17.1 Å². The fourth-order valence-corrected chi connectivity index (χ4v) is 3.71. The van der Waals surface area contributed by atoms with Gasteiger partial charge in [-0.25, -0.2) is 9.13 Å². The summed E-state index contributed by atoms with van der Waals surface area (Å²) in [6, 6.07) is 20.9. The highest BCUT2D eigenvalue weighted by Gasteiger charge is 2.10. The third-order valence-corrected chi connectivity index (χ3v) is 5.34. The highest BCUT2D eigenvalue weighted by Crippen LogP contribution is 2.24. The molecule has 0 unspecified atom stereocenters. The first-order valence-corrected chi connectivity index (χ1v) is 10.6. The largest absolute Gasteiger partial charge is 1.00 e. The summed E-state index contributed by atoms with van der Waals surface area (Å²) in [6.45, 7) is 4.37. The molecule has 1 N–H and O–H groups in total. The van der Waals surface area contributed by atoms with E-state index in [-0.39, 0.29) is 12.4 Å². The average molecular weight is 449 g/mol. The molecule has 0 bridgehead atoms. The van der Waals surface area contributed by atoms with Crippen LogP contribution in [0.15, 0.2) is 83.3 Å². The van der Waals surface area contributed by atoms with Crippen molar-refractivity contribution in [1.29, 1.82) is 0 Å². The number of hydrogen-bond donors (Lipinski definition) is 1. The summed E-state index contributed by atoms with van der Waals surface area (Å²) in [5.74, 6) is 0.794. The zero-order valence-electron chi connectivity index (χ0n) is 19.0. The summed E-state index contributed by atoms with van der Waals surface area (Å²) in [5, 5.41) is 12.1. The van der Waals surface area contributed by atoms with Gasteiger partial charge in [0.1, 0.15) is 5.69 Å². The standard InChI is InChI=1S/C25H28N6.ClH/c1-5-6-23-14-7-19(2)31(23)24-15-12-21(13-16-24)26-20-8-10-22(11-9-20)27-28-25-29(3)17-18-30(25)4;/h7-18H,5-6H2,1-4H3;1H. The van der Waals surface area contributed by atoms with Crippen LogP contribution in [0.3, 0.4) is 0 Å². The van der Waals surface area contributed by atoms with E-state index < -0.39 is 0 Å². The molecule has 0 spiro atoms. The number of imidazole rings is 1. The molecule has 0 aliphatic heterocycles. The Kier molecular flexibility index (Phi) is 7.49. The SMILES string of the molecule is CCCc1ccc(C)n1-c1ccc(Nc2ccc(N=Nc3n(C)cc[n+]3C)cc2)cc1.[Cl-]. The van der Waals surface area contributed by atoms with Crippen molar-refractivity contribution in [1.82, 2.24) is 9.13 Å². The molecular formula is C25H29ClN6. The summed E-state index contributed by atoms with van der Waals surface area (Å²) in [4.78, 5) is 0. The van der Waals surface area contributed by atoms with Gasteiger partial charge in [-0.2, -0.15) is 0 Å². The maximum Gasteiger partial charge on any atom is 0.421 e. The van der Waals surface area contributed by atoms with Crippen molar-refractivity contribution in [2.24, 2.45) is 24.3 Å². The number of aryl methyl sites for hydroxylation is 4. The van der Waals surface area contributed by atoms with Crippen molar-refractivity contribution >= 4 is 23.0 Å². The van der Waals surface area contributed by atoms with Crippen LogP contribution >= 0.6 is 0 Å². The zero-order valence-corrected chi connectivity index (χ0v) is 19.7. The van der Waals surface area contributed by atoms with E-state index in [9.17, 15) is 0 Å². The van der Waals surface area contributed by atoms with Gasteiger partial charge in [0.25, 0.3) is 0 Å². The highest BCUT2D eigenvalue weighted by atomic mass is 35.5. The quantitative estimate of drug-likeness (QED) is 0.343. The number of halogens is 1. The Morgan fingerprint density at radius 3 is 2.16 bits per heavy atom. The van der Waals surface area contributed by atoms with Crippen LogP contribution < -0.4 is 22.3 Å². The first-order valence-electron chi connectivity index (χ1n) is 10.6. The van der Waals surface area contributed by atoms with Crippen LogP contribution in [0.4, 0.5) is 23.0 Å². The Bertz CT molecular complexity index is 1170. The van der Waals surface area contributed by atoms with Gasteiger partial charge in [-0.15, -0.1) is 0 Å². The number of rotatable bonds is 7. The Labute approximate surface area is 195 Å². The Hall–Kier alpha value is -3.38. The maximum absolute atomic E-state index is 4.34. The number of nitrogens with one attached hydrogen (secondary N) is 1. The third-order valence-electron chi connectivity index (χ3n) is 5.34. The molecule has 0 saturated heterocycles. The second-order valence-corrected chi connectivity index (χ2v) is 7.79. The van der Waals surface area contributed by atoms with Crippen LogP contribution in [0, 0.1) is 6.92 Å². The van der Waals surface area contributed by atoms with Crippen molar-refractivity contribution in [3.8, 4) is 5.69 Å². The summed E-state index contributed by atoms with van der Waals surface area (Å²) < 4.78 is 6.20. The minimum absolute atomic E-state index is 0. The number of benzene rings is 2. The Morgan fingerprint density at radius 2 is 1.56 bits per heavy atom. The smallest absolute Gasteiger partial charge is 0.421 e. The van der Waals surface area contributed by atoms with E-state index in [0.29, 0.717) is 0 Å². The minimum atomic E-state index is 0. The van der Waals surface area contributed by atoms with Gasteiger partial charge in [0, 0.05) is 33.6 Å². The van der Waals surface area contributed by atoms with Crippen LogP contribution in [-0.2, 0) is 20.5 Å². The van der Waals surface area contributed by atoms with Gasteiger partial charge < -0.3 is 22.3 Å². The number of aromatic nitrogens is 3. The lowest BCUT2D eigenvalue weighted by molar-refractivity contribution is -0.657. The lowest BCUT2D eigenvalue weighted by Crippen LogP contribution is -3.00. The molecule has 166 valence electrons. The van der Waals surface area contributed by atoms with Gasteiger partial charge in [-0.3, -0.25) is 0 Å². The van der Waals surface area contributed by atoms with Crippen molar-refractivity contribution in [2.45, 2.75) is 26.7 Å². The summed E-state index contributed by atoms with van der Waals surface area (Å²) >= 11 is 0. The van der Waals surface area contributed by atoms with Gasteiger partial charge in [0.15, 0.2) is 0 Å². The van der Waals surface area contributed by atoms with Crippen molar-refractivity contribution in [3.05, 3.63) is 84.4 Å². The minimum Gasteiger partial charge on any atom is -1.00 e. The number of nitrogens with zero attached hydrogens (tertiary/aromatic N) is 5. The van der Waals surface area contributed by atoms with Crippen LogP contribution in [0.25, 0.3) is 5.69 Å².